The highest BCUT2D eigenvalue weighted by atomic mass is 35.5. The number of fused-ring (bicyclic) bond motifs is 1. The van der Waals surface area contributed by atoms with E-state index in [4.69, 9.17) is 11.6 Å². The minimum atomic E-state index is 0.109. The van der Waals surface area contributed by atoms with Crippen LogP contribution in [0.4, 0.5) is 0 Å². The number of nitrogens with zero attached hydrogens (tertiary/aromatic N) is 1. The van der Waals surface area contributed by atoms with E-state index < -0.39 is 0 Å². The van der Waals surface area contributed by atoms with E-state index in [1.807, 2.05) is 11.9 Å². The van der Waals surface area contributed by atoms with Gasteiger partial charge in [-0.05, 0) is 31.2 Å². The number of halogens is 1. The number of likely N-dealkylation sites (N-methyl/N-ethyl adjacent to an activating group) is 1. The maximum atomic E-state index is 11.9. The van der Waals surface area contributed by atoms with Crippen molar-refractivity contribution in [2.45, 2.75) is 11.3 Å². The van der Waals surface area contributed by atoms with Crippen LogP contribution in [0, 0.1) is 0 Å². The van der Waals surface area contributed by atoms with Crippen LogP contribution in [0.3, 0.4) is 0 Å². The smallest absolute Gasteiger partial charge is 0.178 e. The molecular weight excluding hydrogens is 230 g/mol. The minimum absolute atomic E-state index is 0.109. The number of hydrogen-bond donors (Lipinski definition) is 1. The maximum absolute atomic E-state index is 11.9. The Bertz CT molecular complexity index is 419. The molecule has 0 aliphatic carbocycles. The minimum Gasteiger partial charge on any atom is -0.299 e. The summed E-state index contributed by atoms with van der Waals surface area (Å²) in [6.45, 7) is 1.30. The molecule has 0 amide bonds. The Morgan fingerprint density at radius 3 is 2.93 bits per heavy atom. The van der Waals surface area contributed by atoms with Crippen molar-refractivity contribution in [1.82, 2.24) is 4.90 Å². The third-order valence-electron chi connectivity index (χ3n) is 2.67. The normalized spacial score (nSPS) is 17.4. The molecule has 2 nitrogen and oxygen atoms in total. The van der Waals surface area contributed by atoms with Crippen molar-refractivity contribution >= 4 is 30.0 Å². The highest BCUT2D eigenvalue weighted by molar-refractivity contribution is 7.80. The van der Waals surface area contributed by atoms with E-state index in [1.54, 1.807) is 12.1 Å². The molecule has 1 aliphatic rings. The van der Waals surface area contributed by atoms with Crippen molar-refractivity contribution in [2.75, 3.05) is 20.1 Å². The fourth-order valence-corrected chi connectivity index (χ4v) is 2.46. The number of hydrogen-bond acceptors (Lipinski definition) is 3. The standard InChI is InChI=1S/C11H12ClNOS/c1-13-5-4-7-8(12)2-3-10(15)11(7)9(14)6-13/h2-3,15H,4-6H2,1H3. The van der Waals surface area contributed by atoms with Crippen molar-refractivity contribution < 1.29 is 4.79 Å². The number of Topliss-reactive ketones (excluding diaryl/α,β-unsaturated/α-hetero) is 1. The van der Waals surface area contributed by atoms with E-state index in [9.17, 15) is 4.79 Å². The van der Waals surface area contributed by atoms with Gasteiger partial charge < -0.3 is 0 Å². The zero-order valence-electron chi connectivity index (χ0n) is 8.46. The zero-order chi connectivity index (χ0) is 11.0. The predicted octanol–water partition coefficient (Wildman–Crippen LogP) is 2.30. The van der Waals surface area contributed by atoms with Crippen molar-refractivity contribution in [3.8, 4) is 0 Å². The third kappa shape index (κ3) is 2.05. The average Bonchev–Trinajstić information content (AvgIpc) is 2.32. The van der Waals surface area contributed by atoms with Gasteiger partial charge in [0.1, 0.15) is 0 Å². The molecule has 0 unspecified atom stereocenters. The summed E-state index contributed by atoms with van der Waals surface area (Å²) in [5, 5.41) is 0.673. The Hall–Kier alpha value is -0.510. The first-order valence-corrected chi connectivity index (χ1v) is 5.64. The Kier molecular flexibility index (Phi) is 3.05. The molecule has 0 bridgehead atoms. The summed E-state index contributed by atoms with van der Waals surface area (Å²) in [7, 11) is 1.94. The Morgan fingerprint density at radius 1 is 1.47 bits per heavy atom. The van der Waals surface area contributed by atoms with Gasteiger partial charge in [-0.15, -0.1) is 12.6 Å². The second-order valence-corrected chi connectivity index (χ2v) is 4.72. The van der Waals surface area contributed by atoms with E-state index in [2.05, 4.69) is 12.6 Å². The van der Waals surface area contributed by atoms with E-state index in [1.165, 1.54) is 0 Å². The van der Waals surface area contributed by atoms with Crippen LogP contribution in [0.5, 0.6) is 0 Å². The number of carbonyl (C=O) groups excluding carboxylic acids is 1. The zero-order valence-corrected chi connectivity index (χ0v) is 10.1. The molecule has 0 atom stereocenters. The lowest BCUT2D eigenvalue weighted by Gasteiger charge is -2.10. The first-order valence-electron chi connectivity index (χ1n) is 4.81. The highest BCUT2D eigenvalue weighted by Crippen LogP contribution is 2.28. The maximum Gasteiger partial charge on any atom is 0.178 e. The van der Waals surface area contributed by atoms with Crippen LogP contribution >= 0.6 is 24.2 Å². The van der Waals surface area contributed by atoms with Crippen LogP contribution in [0.15, 0.2) is 17.0 Å². The van der Waals surface area contributed by atoms with Crippen molar-refractivity contribution in [2.24, 2.45) is 0 Å². The van der Waals surface area contributed by atoms with Crippen LogP contribution in [-0.2, 0) is 6.42 Å². The lowest BCUT2D eigenvalue weighted by Crippen LogP contribution is -2.24. The molecule has 4 heteroatoms. The highest BCUT2D eigenvalue weighted by Gasteiger charge is 2.22. The molecule has 80 valence electrons. The predicted molar refractivity (Wildman–Crippen MR) is 64.2 cm³/mol. The summed E-state index contributed by atoms with van der Waals surface area (Å²) in [5.41, 5.74) is 1.65. The van der Waals surface area contributed by atoms with Gasteiger partial charge in [-0.3, -0.25) is 9.69 Å². The second kappa shape index (κ2) is 4.16. The Labute approximate surface area is 99.6 Å². The van der Waals surface area contributed by atoms with Gasteiger partial charge in [-0.2, -0.15) is 0 Å². The molecule has 0 spiro atoms. The van der Waals surface area contributed by atoms with Crippen LogP contribution in [0.25, 0.3) is 0 Å². The van der Waals surface area contributed by atoms with Gasteiger partial charge in [-0.1, -0.05) is 11.6 Å². The lowest BCUT2D eigenvalue weighted by molar-refractivity contribution is 0.0951. The molecule has 1 aromatic carbocycles. The van der Waals surface area contributed by atoms with Gasteiger partial charge in [0.05, 0.1) is 6.54 Å². The second-order valence-electron chi connectivity index (χ2n) is 3.83. The monoisotopic (exact) mass is 241 g/mol. The summed E-state index contributed by atoms with van der Waals surface area (Å²) in [5.74, 6) is 0.109. The molecule has 1 aliphatic heterocycles. The molecule has 0 N–H and O–H groups in total. The summed E-state index contributed by atoms with van der Waals surface area (Å²) < 4.78 is 0. The molecule has 0 radical (unpaired) electrons. The molecule has 0 aromatic heterocycles. The van der Waals surface area contributed by atoms with Crippen LogP contribution < -0.4 is 0 Å². The number of carbonyl (C=O) groups is 1. The van der Waals surface area contributed by atoms with Crippen molar-refractivity contribution in [1.29, 1.82) is 0 Å². The molecule has 1 heterocycles. The van der Waals surface area contributed by atoms with Crippen LogP contribution in [-0.4, -0.2) is 30.8 Å². The van der Waals surface area contributed by atoms with Gasteiger partial charge >= 0.3 is 0 Å². The number of ketones is 1. The van der Waals surface area contributed by atoms with E-state index in [0.717, 1.165) is 23.4 Å². The molecule has 2 rings (SSSR count). The number of benzene rings is 1. The number of rotatable bonds is 0. The Balaban J connectivity index is 2.57. The van der Waals surface area contributed by atoms with Gasteiger partial charge in [0.2, 0.25) is 0 Å². The summed E-state index contributed by atoms with van der Waals surface area (Å²) in [6.07, 6.45) is 0.810. The van der Waals surface area contributed by atoms with Crippen molar-refractivity contribution in [3.63, 3.8) is 0 Å². The van der Waals surface area contributed by atoms with Gasteiger partial charge in [0.25, 0.3) is 0 Å². The lowest BCUT2D eigenvalue weighted by atomic mass is 10.0. The van der Waals surface area contributed by atoms with E-state index in [0.29, 0.717) is 17.1 Å². The molecule has 0 fully saturated rings. The quantitative estimate of drug-likeness (QED) is 0.704. The topological polar surface area (TPSA) is 20.3 Å². The summed E-state index contributed by atoms with van der Waals surface area (Å²) >= 11 is 10.4. The fraction of sp³-hybridized carbons (Fsp3) is 0.364. The molecule has 15 heavy (non-hydrogen) atoms. The van der Waals surface area contributed by atoms with E-state index >= 15 is 0 Å². The molecular formula is C11H12ClNOS. The first kappa shape index (κ1) is 11.0. The SMILES string of the molecule is CN1CCc2c(Cl)ccc(S)c2C(=O)C1. The Morgan fingerprint density at radius 2 is 2.20 bits per heavy atom. The third-order valence-corrected chi connectivity index (χ3v) is 3.40. The number of thiol groups is 1. The van der Waals surface area contributed by atoms with E-state index in [-0.39, 0.29) is 5.78 Å². The summed E-state index contributed by atoms with van der Waals surface area (Å²) in [4.78, 5) is 14.7. The van der Waals surface area contributed by atoms with Gasteiger partial charge in [0.15, 0.2) is 5.78 Å². The fourth-order valence-electron chi connectivity index (χ4n) is 1.87. The largest absolute Gasteiger partial charge is 0.299 e. The molecule has 1 aromatic rings. The summed E-state index contributed by atoms with van der Waals surface area (Å²) in [6, 6.07) is 3.59. The average molecular weight is 242 g/mol. The molecule has 0 saturated heterocycles. The first-order chi connectivity index (χ1) is 7.09. The van der Waals surface area contributed by atoms with Crippen LogP contribution in [0.1, 0.15) is 15.9 Å². The van der Waals surface area contributed by atoms with Crippen LogP contribution in [0.2, 0.25) is 5.02 Å². The van der Waals surface area contributed by atoms with Gasteiger partial charge in [0, 0.05) is 22.0 Å². The molecule has 0 saturated carbocycles. The van der Waals surface area contributed by atoms with Gasteiger partial charge in [-0.25, -0.2) is 0 Å². The van der Waals surface area contributed by atoms with Crippen molar-refractivity contribution in [3.05, 3.63) is 28.3 Å².